The molecule has 0 bridgehead atoms. The highest BCUT2D eigenvalue weighted by Crippen LogP contribution is 2.14. The van der Waals surface area contributed by atoms with Gasteiger partial charge >= 0.3 is 6.03 Å². The summed E-state index contributed by atoms with van der Waals surface area (Å²) in [5.41, 5.74) is 10.7. The lowest BCUT2D eigenvalue weighted by Gasteiger charge is -2.19. The minimum atomic E-state index is -0.684. The normalized spacial score (nSPS) is 13.7. The zero-order chi connectivity index (χ0) is 11.0. The Morgan fingerprint density at radius 2 is 2.07 bits per heavy atom. The number of nitrogens with two attached hydrogens (primary N) is 2. The van der Waals surface area contributed by atoms with Crippen LogP contribution in [0, 0.1) is 0 Å². The van der Waals surface area contributed by atoms with Crippen molar-refractivity contribution in [3.8, 4) is 0 Å². The van der Waals surface area contributed by atoms with Crippen molar-refractivity contribution in [2.45, 2.75) is 6.54 Å². The van der Waals surface area contributed by atoms with Gasteiger partial charge in [0.1, 0.15) is 0 Å². The van der Waals surface area contributed by atoms with Gasteiger partial charge in [-0.3, -0.25) is 9.69 Å². The summed E-state index contributed by atoms with van der Waals surface area (Å²) in [6.07, 6.45) is 2.93. The van der Waals surface area contributed by atoms with Crippen LogP contribution >= 0.6 is 0 Å². The molecule has 1 aliphatic rings. The molecule has 0 fully saturated rings. The highest BCUT2D eigenvalue weighted by Gasteiger charge is 2.22. The van der Waals surface area contributed by atoms with Crippen LogP contribution < -0.4 is 11.5 Å². The lowest BCUT2D eigenvalue weighted by Crippen LogP contribution is -2.34. The molecule has 1 aromatic heterocycles. The van der Waals surface area contributed by atoms with Gasteiger partial charge in [-0.25, -0.2) is 9.48 Å². The van der Waals surface area contributed by atoms with E-state index < -0.39 is 11.9 Å². The van der Waals surface area contributed by atoms with Crippen LogP contribution in [0.25, 0.3) is 6.20 Å². The van der Waals surface area contributed by atoms with Crippen molar-refractivity contribution in [1.82, 2.24) is 19.9 Å². The Morgan fingerprint density at radius 1 is 1.33 bits per heavy atom. The summed E-state index contributed by atoms with van der Waals surface area (Å²) in [5.74, 6) is -0.684. The Bertz CT molecular complexity index is 462. The van der Waals surface area contributed by atoms with E-state index in [4.69, 9.17) is 11.5 Å². The zero-order valence-corrected chi connectivity index (χ0v) is 7.62. The highest BCUT2D eigenvalue weighted by molar-refractivity contribution is 5.92. The summed E-state index contributed by atoms with van der Waals surface area (Å²) in [6.45, 7) is 0.136. The third-order valence-electron chi connectivity index (χ3n) is 2.02. The van der Waals surface area contributed by atoms with E-state index in [-0.39, 0.29) is 12.2 Å². The van der Waals surface area contributed by atoms with Crippen molar-refractivity contribution < 1.29 is 9.59 Å². The smallest absolute Gasteiger partial charge is 0.319 e. The summed E-state index contributed by atoms with van der Waals surface area (Å²) in [5, 5.41) is 7.27. The first-order valence-electron chi connectivity index (χ1n) is 4.08. The van der Waals surface area contributed by atoms with Crippen molar-refractivity contribution in [2.24, 2.45) is 11.5 Å². The molecule has 3 amide bonds. The van der Waals surface area contributed by atoms with Crippen molar-refractivity contribution >= 4 is 18.1 Å². The Balaban J connectivity index is 2.41. The summed E-state index contributed by atoms with van der Waals surface area (Å²) < 4.78 is 1.37. The van der Waals surface area contributed by atoms with Gasteiger partial charge in [0.15, 0.2) is 5.69 Å². The van der Waals surface area contributed by atoms with Crippen LogP contribution in [-0.2, 0) is 6.54 Å². The zero-order valence-electron chi connectivity index (χ0n) is 7.62. The Labute approximate surface area is 84.1 Å². The minimum Gasteiger partial charge on any atom is -0.364 e. The van der Waals surface area contributed by atoms with E-state index in [9.17, 15) is 9.59 Å². The molecule has 1 aliphatic heterocycles. The first-order chi connectivity index (χ1) is 7.09. The van der Waals surface area contributed by atoms with Gasteiger partial charge in [0, 0.05) is 12.4 Å². The van der Waals surface area contributed by atoms with Crippen molar-refractivity contribution in [2.75, 3.05) is 0 Å². The second-order valence-electron chi connectivity index (χ2n) is 2.96. The number of carbonyl (C=O) groups excluding carboxylic acids is 2. The molecule has 0 unspecified atom stereocenters. The van der Waals surface area contributed by atoms with E-state index in [1.807, 2.05) is 0 Å². The fourth-order valence-corrected chi connectivity index (χ4v) is 1.28. The van der Waals surface area contributed by atoms with Gasteiger partial charge < -0.3 is 11.5 Å². The molecule has 0 aliphatic carbocycles. The molecule has 0 saturated carbocycles. The molecule has 0 saturated heterocycles. The van der Waals surface area contributed by atoms with E-state index in [1.54, 1.807) is 0 Å². The van der Waals surface area contributed by atoms with Gasteiger partial charge in [-0.15, -0.1) is 5.10 Å². The van der Waals surface area contributed by atoms with Crippen LogP contribution in [0.4, 0.5) is 4.79 Å². The topological polar surface area (TPSA) is 120 Å². The van der Waals surface area contributed by atoms with Gasteiger partial charge in [0.2, 0.25) is 0 Å². The van der Waals surface area contributed by atoms with E-state index in [1.165, 1.54) is 22.0 Å². The molecule has 0 aromatic carbocycles. The first-order valence-corrected chi connectivity index (χ1v) is 4.08. The predicted molar refractivity (Wildman–Crippen MR) is 49.0 cm³/mol. The summed E-state index contributed by atoms with van der Waals surface area (Å²) in [7, 11) is 0. The fraction of sp³-hybridized carbons (Fsp3) is 0.143. The van der Waals surface area contributed by atoms with Crippen LogP contribution in [0.3, 0.4) is 0 Å². The SMILES string of the molecule is NC(=O)c1nnn2c1CN(C(N)=O)C=C2. The van der Waals surface area contributed by atoms with Crippen LogP contribution in [0.2, 0.25) is 0 Å². The number of carbonyl (C=O) groups is 2. The monoisotopic (exact) mass is 208 g/mol. The summed E-state index contributed by atoms with van der Waals surface area (Å²) >= 11 is 0. The van der Waals surface area contributed by atoms with E-state index in [0.29, 0.717) is 5.69 Å². The number of rotatable bonds is 1. The molecule has 78 valence electrons. The lowest BCUT2D eigenvalue weighted by atomic mass is 10.2. The second kappa shape index (κ2) is 3.08. The molecule has 2 heterocycles. The summed E-state index contributed by atoms with van der Waals surface area (Å²) in [6, 6.07) is -0.617. The maximum atomic E-state index is 11.0. The number of fused-ring (bicyclic) bond motifs is 1. The Morgan fingerprint density at radius 3 is 2.67 bits per heavy atom. The first kappa shape index (κ1) is 9.19. The largest absolute Gasteiger partial charge is 0.364 e. The number of nitrogens with zero attached hydrogens (tertiary/aromatic N) is 4. The number of primary amides is 2. The van der Waals surface area contributed by atoms with Crippen LogP contribution in [0.5, 0.6) is 0 Å². The minimum absolute atomic E-state index is 0.0469. The van der Waals surface area contributed by atoms with Crippen molar-refractivity contribution in [3.05, 3.63) is 17.6 Å². The molecular formula is C7H8N6O2. The van der Waals surface area contributed by atoms with E-state index >= 15 is 0 Å². The Kier molecular flexibility index (Phi) is 1.89. The number of amides is 3. The molecule has 0 spiro atoms. The third kappa shape index (κ3) is 1.41. The fourth-order valence-electron chi connectivity index (χ4n) is 1.28. The van der Waals surface area contributed by atoms with Crippen molar-refractivity contribution in [3.63, 3.8) is 0 Å². The number of urea groups is 1. The Hall–Kier alpha value is -2.38. The quantitative estimate of drug-likeness (QED) is 0.595. The van der Waals surface area contributed by atoms with Gasteiger partial charge in [0.25, 0.3) is 5.91 Å². The third-order valence-corrected chi connectivity index (χ3v) is 2.02. The van der Waals surface area contributed by atoms with Crippen LogP contribution in [0.15, 0.2) is 6.20 Å². The summed E-state index contributed by atoms with van der Waals surface area (Å²) in [4.78, 5) is 23.1. The lowest BCUT2D eigenvalue weighted by molar-refractivity contribution is 0.0993. The molecule has 1 aromatic rings. The van der Waals surface area contributed by atoms with Crippen LogP contribution in [0.1, 0.15) is 16.2 Å². The molecule has 0 atom stereocenters. The van der Waals surface area contributed by atoms with Crippen LogP contribution in [-0.4, -0.2) is 31.8 Å². The van der Waals surface area contributed by atoms with Gasteiger partial charge in [-0.1, -0.05) is 5.21 Å². The molecule has 2 rings (SSSR count). The number of hydrogen-bond acceptors (Lipinski definition) is 4. The molecule has 8 heteroatoms. The maximum absolute atomic E-state index is 11.0. The number of aromatic nitrogens is 3. The average Bonchev–Trinajstić information content (AvgIpc) is 2.59. The molecule has 4 N–H and O–H groups in total. The highest BCUT2D eigenvalue weighted by atomic mass is 16.2. The molecular weight excluding hydrogens is 200 g/mol. The maximum Gasteiger partial charge on any atom is 0.319 e. The van der Waals surface area contributed by atoms with E-state index in [0.717, 1.165) is 0 Å². The molecule has 15 heavy (non-hydrogen) atoms. The molecule has 8 nitrogen and oxygen atoms in total. The van der Waals surface area contributed by atoms with Gasteiger partial charge in [-0.05, 0) is 0 Å². The van der Waals surface area contributed by atoms with Crippen molar-refractivity contribution in [1.29, 1.82) is 0 Å². The second-order valence-corrected chi connectivity index (χ2v) is 2.96. The van der Waals surface area contributed by atoms with E-state index in [2.05, 4.69) is 10.3 Å². The predicted octanol–water partition coefficient (Wildman–Crippen LogP) is -1.30. The molecule has 0 radical (unpaired) electrons. The number of hydrogen-bond donors (Lipinski definition) is 2. The standard InChI is InChI=1S/C7H8N6O2/c8-6(14)5-4-3-12(7(9)15)1-2-13(4)11-10-5/h1-2H,3H2,(H2,8,14)(H2,9,15). The van der Waals surface area contributed by atoms with Gasteiger partial charge in [-0.2, -0.15) is 0 Å². The van der Waals surface area contributed by atoms with Gasteiger partial charge in [0.05, 0.1) is 12.2 Å². The average molecular weight is 208 g/mol.